The van der Waals surface area contributed by atoms with Crippen LogP contribution < -0.4 is 46.9 Å². The smallest absolute Gasteiger partial charge is 0.315 e. The number of hydrogen-bond donors (Lipinski definition) is 8. The van der Waals surface area contributed by atoms with Gasteiger partial charge in [-0.05, 0) is 132 Å². The first-order valence-corrected chi connectivity index (χ1v) is 29.6. The van der Waals surface area contributed by atoms with E-state index in [1.54, 1.807) is 48.5 Å². The molecule has 4 saturated heterocycles. The number of aromatic hydroxyl groups is 1. The molecule has 2 unspecified atom stereocenters. The number of amides is 8. The standard InChI is InChI=1S/C57H76N8O13S2/c1-34-35(2)50-41(36(3)49(34)68)20-21-56(4,78-50)33-77-40-18-12-37(13-19-40)30-45-53(71)65(55(73)80-45)47(67)31-42(60-51(69)38-14-16-39(17-15-38)57(5)63-64-57)52(70)59-23-9-25-75-27-29-76-28-26-74-24-8-22-58-46(66)11-7-6-10-44-48-43(32-79-44)61-54(72)62-48/h12-19,42-45,48,63-64,68H,6-11,20-33H2,1-5H3,(H,58,66)(H,59,70)(H,60,69)(H2,61,62,72)/t42-,43+,44+,45?,48+,56?/m1/s1. The largest absolute Gasteiger partial charge is 0.507 e. The molecule has 21 nitrogen and oxygen atoms in total. The molecule has 6 atom stereocenters. The minimum absolute atomic E-state index is 0.0279. The topological polar surface area (TPSA) is 293 Å². The number of nitrogens with one attached hydrogen (secondary N) is 7. The average Bonchev–Trinajstić information content (AvgIpc) is 3.80. The first-order valence-electron chi connectivity index (χ1n) is 27.6. The summed E-state index contributed by atoms with van der Waals surface area (Å²) in [5.41, 5.74) is 10.5. The van der Waals surface area contributed by atoms with Gasteiger partial charge in [0.1, 0.15) is 41.2 Å². The van der Waals surface area contributed by atoms with Gasteiger partial charge in [-0.25, -0.2) is 20.5 Å². The first kappa shape index (κ1) is 60.2. The lowest BCUT2D eigenvalue weighted by Crippen LogP contribution is -2.50. The molecule has 5 heterocycles. The maximum Gasteiger partial charge on any atom is 0.315 e. The van der Waals surface area contributed by atoms with Crippen LogP contribution in [0.25, 0.3) is 0 Å². The highest BCUT2D eigenvalue weighted by Crippen LogP contribution is 2.43. The van der Waals surface area contributed by atoms with E-state index in [1.807, 2.05) is 46.4 Å². The molecule has 0 bridgehead atoms. The van der Waals surface area contributed by atoms with Crippen LogP contribution in [0.2, 0.25) is 0 Å². The van der Waals surface area contributed by atoms with E-state index in [1.165, 1.54) is 0 Å². The average molecular weight is 1150 g/mol. The second-order valence-electron chi connectivity index (χ2n) is 21.4. The molecule has 434 valence electrons. The molecule has 0 spiro atoms. The summed E-state index contributed by atoms with van der Waals surface area (Å²) in [4.78, 5) is 92.4. The summed E-state index contributed by atoms with van der Waals surface area (Å²) in [6.45, 7) is 12.8. The molecular weight excluding hydrogens is 1070 g/mol. The van der Waals surface area contributed by atoms with Crippen molar-refractivity contribution in [3.63, 3.8) is 0 Å². The van der Waals surface area contributed by atoms with Crippen LogP contribution in [0.4, 0.5) is 9.59 Å². The minimum atomic E-state index is -1.42. The molecule has 80 heavy (non-hydrogen) atoms. The third-order valence-corrected chi connectivity index (χ3v) is 17.8. The normalized spacial score (nSPS) is 21.9. The van der Waals surface area contributed by atoms with Crippen molar-refractivity contribution in [2.75, 3.05) is 65.1 Å². The summed E-state index contributed by atoms with van der Waals surface area (Å²) in [7, 11) is 0. The Morgan fingerprint density at radius 2 is 1.50 bits per heavy atom. The number of thioether (sulfide) groups is 2. The maximum absolute atomic E-state index is 13.8. The Balaban J connectivity index is 0.714. The number of carbonyl (C=O) groups is 7. The van der Waals surface area contributed by atoms with Crippen molar-refractivity contribution >= 4 is 64.3 Å². The van der Waals surface area contributed by atoms with Gasteiger partial charge in [-0.15, -0.1) is 0 Å². The Hall–Kier alpha value is -5.95. The van der Waals surface area contributed by atoms with Gasteiger partial charge in [-0.1, -0.05) is 42.4 Å². The van der Waals surface area contributed by atoms with Crippen LogP contribution in [-0.2, 0) is 51.9 Å². The Bertz CT molecular complexity index is 2730. The molecule has 0 aromatic heterocycles. The summed E-state index contributed by atoms with van der Waals surface area (Å²) >= 11 is 2.62. The number of hydrogen-bond acceptors (Lipinski definition) is 17. The van der Waals surface area contributed by atoms with Crippen molar-refractivity contribution in [2.45, 2.75) is 139 Å². The highest BCUT2D eigenvalue weighted by atomic mass is 32.2. The van der Waals surface area contributed by atoms with Gasteiger partial charge in [0.05, 0.1) is 50.2 Å². The van der Waals surface area contributed by atoms with E-state index in [-0.39, 0.29) is 55.8 Å². The number of urea groups is 1. The fraction of sp³-hybridized carbons (Fsp3) is 0.561. The highest BCUT2D eigenvalue weighted by molar-refractivity contribution is 8.15. The summed E-state index contributed by atoms with van der Waals surface area (Å²) in [6.07, 6.45) is 5.23. The zero-order valence-corrected chi connectivity index (χ0v) is 47.9. The van der Waals surface area contributed by atoms with Crippen LogP contribution in [-0.4, -0.2) is 150 Å². The summed E-state index contributed by atoms with van der Waals surface area (Å²) in [5, 5.41) is 23.6. The maximum atomic E-state index is 13.8. The zero-order chi connectivity index (χ0) is 57.0. The molecule has 8 amide bonds. The summed E-state index contributed by atoms with van der Waals surface area (Å²) in [5.74, 6) is -0.277. The van der Waals surface area contributed by atoms with Crippen LogP contribution in [0.5, 0.6) is 17.2 Å². The van der Waals surface area contributed by atoms with Crippen molar-refractivity contribution in [1.82, 2.24) is 42.3 Å². The van der Waals surface area contributed by atoms with E-state index in [0.29, 0.717) is 86.9 Å². The van der Waals surface area contributed by atoms with E-state index < -0.39 is 57.8 Å². The lowest BCUT2D eigenvalue weighted by molar-refractivity contribution is -0.141. The van der Waals surface area contributed by atoms with Crippen LogP contribution >= 0.6 is 23.5 Å². The van der Waals surface area contributed by atoms with Gasteiger partial charge >= 0.3 is 6.03 Å². The number of unbranched alkanes of at least 4 members (excludes halogenated alkanes) is 1. The van der Waals surface area contributed by atoms with E-state index in [2.05, 4.69) is 37.4 Å². The van der Waals surface area contributed by atoms with Crippen molar-refractivity contribution in [3.05, 3.63) is 87.5 Å². The van der Waals surface area contributed by atoms with E-state index in [0.717, 1.165) is 82.3 Å². The molecule has 0 saturated carbocycles. The number of hydrazine groups is 1. The predicted octanol–water partition coefficient (Wildman–Crippen LogP) is 4.87. The molecule has 8 rings (SSSR count). The number of carbonyl (C=O) groups excluding carboxylic acids is 7. The number of phenols is 1. The molecule has 3 aromatic rings. The van der Waals surface area contributed by atoms with Crippen molar-refractivity contribution in [3.8, 4) is 17.2 Å². The van der Waals surface area contributed by atoms with Crippen molar-refractivity contribution in [2.24, 2.45) is 0 Å². The molecule has 5 aliphatic rings. The Kier molecular flexibility index (Phi) is 20.8. The van der Waals surface area contributed by atoms with Crippen LogP contribution in [0, 0.1) is 20.8 Å². The molecule has 0 radical (unpaired) electrons. The number of ether oxygens (including phenoxy) is 5. The fourth-order valence-electron chi connectivity index (χ4n) is 10.1. The van der Waals surface area contributed by atoms with E-state index in [9.17, 15) is 38.7 Å². The number of imide groups is 3. The molecule has 4 fully saturated rings. The molecule has 23 heteroatoms. The number of phenolic OH excluding ortho intramolecular Hbond substituents is 1. The second kappa shape index (κ2) is 27.7. The van der Waals surface area contributed by atoms with Gasteiger partial charge in [-0.2, -0.15) is 11.8 Å². The number of fused-ring (bicyclic) bond motifs is 2. The second-order valence-corrected chi connectivity index (χ2v) is 23.8. The van der Waals surface area contributed by atoms with Crippen LogP contribution in [0.3, 0.4) is 0 Å². The monoisotopic (exact) mass is 1140 g/mol. The first-order chi connectivity index (χ1) is 38.4. The lowest BCUT2D eigenvalue weighted by atomic mass is 9.87. The molecule has 5 aliphatic heterocycles. The Morgan fingerprint density at radius 1 is 0.825 bits per heavy atom. The number of nitrogens with zero attached hydrogens (tertiary/aromatic N) is 1. The fourth-order valence-corrected chi connectivity index (χ4v) is 12.7. The third-order valence-electron chi connectivity index (χ3n) is 15.3. The lowest BCUT2D eigenvalue weighted by Gasteiger charge is -2.37. The van der Waals surface area contributed by atoms with Crippen molar-refractivity contribution in [1.29, 1.82) is 0 Å². The molecule has 8 N–H and O–H groups in total. The highest BCUT2D eigenvalue weighted by Gasteiger charge is 2.45. The predicted molar refractivity (Wildman–Crippen MR) is 302 cm³/mol. The zero-order valence-electron chi connectivity index (χ0n) is 46.3. The van der Waals surface area contributed by atoms with E-state index >= 15 is 0 Å². The van der Waals surface area contributed by atoms with Crippen molar-refractivity contribution < 1.29 is 62.4 Å². The van der Waals surface area contributed by atoms with Gasteiger partial charge < -0.3 is 55.4 Å². The van der Waals surface area contributed by atoms with Crippen LogP contribution in [0.15, 0.2) is 48.5 Å². The molecule has 3 aromatic carbocycles. The van der Waals surface area contributed by atoms with E-state index in [4.69, 9.17) is 23.7 Å². The molecular formula is C57H76N8O13S2. The van der Waals surface area contributed by atoms with Crippen LogP contribution in [0.1, 0.15) is 109 Å². The molecule has 0 aliphatic carbocycles. The Labute approximate surface area is 475 Å². The SMILES string of the molecule is Cc1c(C)c2c(c(C)c1O)CCC(C)(COc1ccc(CC3SC(=O)N(C(=O)C[C@@H](NC(=O)c4ccc(C5(C)NN5)cc4)C(=O)NCCCOCCOCCOCCCNC(=O)CCCC[C@@H]4SC[C@@H]5NC(=O)N[C@@H]54)C3=O)cc1)O2. The Morgan fingerprint density at radius 3 is 2.19 bits per heavy atom. The third kappa shape index (κ3) is 15.7. The summed E-state index contributed by atoms with van der Waals surface area (Å²) in [6, 6.07) is 12.8. The minimum Gasteiger partial charge on any atom is -0.507 e. The number of rotatable bonds is 30. The van der Waals surface area contributed by atoms with Gasteiger partial charge in [0, 0.05) is 54.9 Å². The quantitative estimate of drug-likeness (QED) is 0.0251. The number of benzene rings is 3. The summed E-state index contributed by atoms with van der Waals surface area (Å²) < 4.78 is 29.6. The van der Waals surface area contributed by atoms with Gasteiger partial charge in [0.15, 0.2) is 0 Å². The van der Waals surface area contributed by atoms with Gasteiger partial charge in [0.25, 0.3) is 17.1 Å². The van der Waals surface area contributed by atoms with Gasteiger partial charge in [0.2, 0.25) is 17.7 Å². The van der Waals surface area contributed by atoms with Gasteiger partial charge in [-0.3, -0.25) is 28.8 Å².